The summed E-state index contributed by atoms with van der Waals surface area (Å²) in [5.41, 5.74) is 0. The molecule has 0 aromatic rings. The van der Waals surface area contributed by atoms with Crippen molar-refractivity contribution in [3.05, 3.63) is 0 Å². The van der Waals surface area contributed by atoms with Gasteiger partial charge in [0.2, 0.25) is 5.91 Å². The van der Waals surface area contributed by atoms with Crippen LogP contribution in [-0.2, 0) is 4.79 Å². The molecule has 0 radical (unpaired) electrons. The maximum absolute atomic E-state index is 12.3. The molecule has 1 saturated heterocycles. The van der Waals surface area contributed by atoms with Crippen molar-refractivity contribution in [1.82, 2.24) is 10.2 Å². The van der Waals surface area contributed by atoms with Crippen LogP contribution in [0.2, 0.25) is 0 Å². The number of amides is 1. The minimum atomic E-state index is -4.33. The number of unbranched alkanes of at least 4 members (excludes halogenated alkanes) is 1. The summed E-state index contributed by atoms with van der Waals surface area (Å²) in [6, 6.07) is -0.442. The molecule has 0 spiro atoms. The Hall–Kier alpha value is -0.780. The number of hydrogen-bond donors (Lipinski definition) is 1. The maximum Gasteiger partial charge on any atom is 0.406 e. The van der Waals surface area contributed by atoms with Crippen LogP contribution in [0.15, 0.2) is 0 Å². The summed E-state index contributed by atoms with van der Waals surface area (Å²) in [4.78, 5) is 12.7. The van der Waals surface area contributed by atoms with Gasteiger partial charge in [0, 0.05) is 0 Å². The second kappa shape index (κ2) is 5.71. The summed E-state index contributed by atoms with van der Waals surface area (Å²) in [6.07, 6.45) is -1.93. The molecule has 1 aliphatic heterocycles. The van der Waals surface area contributed by atoms with E-state index in [1.807, 2.05) is 6.92 Å². The van der Waals surface area contributed by atoms with Gasteiger partial charge in [-0.25, -0.2) is 0 Å². The zero-order valence-corrected chi connectivity index (χ0v) is 10.2. The van der Waals surface area contributed by atoms with Crippen molar-refractivity contribution in [2.45, 2.75) is 57.9 Å². The maximum atomic E-state index is 12.3. The molecular weight excluding hydrogens is 233 g/mol. The Kier molecular flexibility index (Phi) is 4.80. The molecule has 0 saturated carbocycles. The zero-order chi connectivity index (χ0) is 13.1. The number of nitrogens with zero attached hydrogens (tertiary/aromatic N) is 1. The zero-order valence-electron chi connectivity index (χ0n) is 10.2. The molecule has 1 heterocycles. The molecule has 6 heteroatoms. The average molecular weight is 252 g/mol. The Morgan fingerprint density at radius 2 is 2.00 bits per heavy atom. The van der Waals surface area contributed by atoms with Gasteiger partial charge in [0.1, 0.15) is 6.54 Å². The lowest BCUT2D eigenvalue weighted by Crippen LogP contribution is -2.42. The number of nitrogens with one attached hydrogen (secondary N) is 1. The second-order valence-electron chi connectivity index (χ2n) is 4.37. The number of alkyl halides is 3. The molecule has 1 fully saturated rings. The van der Waals surface area contributed by atoms with Crippen molar-refractivity contribution in [1.29, 1.82) is 0 Å². The van der Waals surface area contributed by atoms with Gasteiger partial charge in [-0.3, -0.25) is 10.1 Å². The topological polar surface area (TPSA) is 32.3 Å². The highest BCUT2D eigenvalue weighted by molar-refractivity contribution is 5.84. The largest absolute Gasteiger partial charge is 0.406 e. The second-order valence-corrected chi connectivity index (χ2v) is 4.37. The monoisotopic (exact) mass is 252 g/mol. The van der Waals surface area contributed by atoms with Gasteiger partial charge in [-0.1, -0.05) is 26.7 Å². The molecule has 0 aromatic carbocycles. The first-order valence-corrected chi connectivity index (χ1v) is 6.02. The van der Waals surface area contributed by atoms with E-state index in [4.69, 9.17) is 0 Å². The molecule has 1 aliphatic rings. The van der Waals surface area contributed by atoms with E-state index in [2.05, 4.69) is 5.32 Å². The van der Waals surface area contributed by atoms with Crippen molar-refractivity contribution in [3.8, 4) is 0 Å². The quantitative estimate of drug-likeness (QED) is 0.814. The van der Waals surface area contributed by atoms with Gasteiger partial charge in [0.05, 0.1) is 12.2 Å². The smallest absolute Gasteiger partial charge is 0.317 e. The predicted molar refractivity (Wildman–Crippen MR) is 58.3 cm³/mol. The molecule has 100 valence electrons. The van der Waals surface area contributed by atoms with Crippen LogP contribution in [-0.4, -0.2) is 35.7 Å². The van der Waals surface area contributed by atoms with Gasteiger partial charge in [-0.2, -0.15) is 13.2 Å². The van der Waals surface area contributed by atoms with Crippen molar-refractivity contribution in [3.63, 3.8) is 0 Å². The average Bonchev–Trinajstić information content (AvgIpc) is 2.52. The Balaban J connectivity index is 2.65. The molecule has 2 atom stereocenters. The van der Waals surface area contributed by atoms with Gasteiger partial charge in [0.15, 0.2) is 0 Å². The Bertz CT molecular complexity index is 268. The molecule has 2 unspecified atom stereocenters. The van der Waals surface area contributed by atoms with Crippen molar-refractivity contribution >= 4 is 5.91 Å². The Morgan fingerprint density at radius 1 is 1.35 bits per heavy atom. The third-order valence-corrected chi connectivity index (χ3v) is 2.93. The van der Waals surface area contributed by atoms with Crippen LogP contribution >= 0.6 is 0 Å². The van der Waals surface area contributed by atoms with Gasteiger partial charge in [-0.05, 0) is 12.8 Å². The third kappa shape index (κ3) is 3.87. The van der Waals surface area contributed by atoms with Crippen molar-refractivity contribution < 1.29 is 18.0 Å². The lowest BCUT2D eigenvalue weighted by atomic mass is 10.1. The Morgan fingerprint density at radius 3 is 2.47 bits per heavy atom. The molecular formula is C11H19F3N2O. The van der Waals surface area contributed by atoms with E-state index in [9.17, 15) is 18.0 Å². The first-order chi connectivity index (χ1) is 7.89. The van der Waals surface area contributed by atoms with Crippen LogP contribution in [0.5, 0.6) is 0 Å². The minimum absolute atomic E-state index is 0.414. The standard InChI is InChI=1S/C11H19F3N2O/c1-3-5-6-8-10(17)16(7-11(12,13)14)9(4-2)15-8/h8-9,15H,3-7H2,1-2H3. The number of carbonyl (C=O) groups excluding carboxylic acids is 1. The van der Waals surface area contributed by atoms with E-state index in [0.29, 0.717) is 12.8 Å². The van der Waals surface area contributed by atoms with E-state index in [0.717, 1.165) is 17.7 Å². The molecule has 3 nitrogen and oxygen atoms in total. The Labute approximate surface area is 99.4 Å². The highest BCUT2D eigenvalue weighted by atomic mass is 19.4. The van der Waals surface area contributed by atoms with Crippen LogP contribution in [0, 0.1) is 0 Å². The van der Waals surface area contributed by atoms with Crippen LogP contribution in [0.4, 0.5) is 13.2 Å². The number of carbonyl (C=O) groups is 1. The first kappa shape index (κ1) is 14.3. The lowest BCUT2D eigenvalue weighted by molar-refractivity contribution is -0.161. The van der Waals surface area contributed by atoms with E-state index < -0.39 is 30.8 Å². The minimum Gasteiger partial charge on any atom is -0.317 e. The fourth-order valence-electron chi connectivity index (χ4n) is 2.08. The molecule has 0 aliphatic carbocycles. The summed E-state index contributed by atoms with van der Waals surface area (Å²) in [5.74, 6) is -0.414. The summed E-state index contributed by atoms with van der Waals surface area (Å²) in [6.45, 7) is 2.61. The normalized spacial score (nSPS) is 25.7. The number of rotatable bonds is 5. The molecule has 1 amide bonds. The number of hydrogen-bond acceptors (Lipinski definition) is 2. The summed E-state index contributed by atoms with van der Waals surface area (Å²) in [7, 11) is 0. The van der Waals surface area contributed by atoms with Crippen LogP contribution in [0.3, 0.4) is 0 Å². The summed E-state index contributed by atoms with van der Waals surface area (Å²) >= 11 is 0. The summed E-state index contributed by atoms with van der Waals surface area (Å²) < 4.78 is 37.0. The van der Waals surface area contributed by atoms with Gasteiger partial charge in [0.25, 0.3) is 0 Å². The fourth-order valence-corrected chi connectivity index (χ4v) is 2.08. The third-order valence-electron chi connectivity index (χ3n) is 2.93. The van der Waals surface area contributed by atoms with Gasteiger partial charge in [-0.15, -0.1) is 0 Å². The molecule has 1 rings (SSSR count). The van der Waals surface area contributed by atoms with E-state index in [-0.39, 0.29) is 0 Å². The lowest BCUT2D eigenvalue weighted by Gasteiger charge is -2.24. The van der Waals surface area contributed by atoms with Gasteiger partial charge < -0.3 is 4.90 Å². The van der Waals surface area contributed by atoms with E-state index in [1.54, 1.807) is 6.92 Å². The van der Waals surface area contributed by atoms with Crippen molar-refractivity contribution in [2.75, 3.05) is 6.54 Å². The van der Waals surface area contributed by atoms with E-state index >= 15 is 0 Å². The van der Waals surface area contributed by atoms with Crippen molar-refractivity contribution in [2.24, 2.45) is 0 Å². The van der Waals surface area contributed by atoms with Crippen LogP contribution < -0.4 is 5.32 Å². The molecule has 17 heavy (non-hydrogen) atoms. The summed E-state index contributed by atoms with van der Waals surface area (Å²) in [5, 5.41) is 2.97. The molecule has 0 bridgehead atoms. The number of halogens is 3. The van der Waals surface area contributed by atoms with Crippen LogP contribution in [0.25, 0.3) is 0 Å². The first-order valence-electron chi connectivity index (χ1n) is 6.02. The van der Waals surface area contributed by atoms with E-state index in [1.165, 1.54) is 0 Å². The van der Waals surface area contributed by atoms with Gasteiger partial charge >= 0.3 is 6.18 Å². The SMILES string of the molecule is CCCCC1NC(CC)N(CC(F)(F)F)C1=O. The highest BCUT2D eigenvalue weighted by Crippen LogP contribution is 2.23. The van der Waals surface area contributed by atoms with Crippen LogP contribution in [0.1, 0.15) is 39.5 Å². The predicted octanol–water partition coefficient (Wildman–Crippen LogP) is 2.28. The fraction of sp³-hybridized carbons (Fsp3) is 0.909. The highest BCUT2D eigenvalue weighted by Gasteiger charge is 2.43. The molecule has 0 aromatic heterocycles. The molecule has 1 N–H and O–H groups in total.